The topological polar surface area (TPSA) is 26.0 Å². The van der Waals surface area contributed by atoms with Crippen LogP contribution in [0.15, 0.2) is 0 Å². The van der Waals surface area contributed by atoms with Crippen molar-refractivity contribution in [2.45, 2.75) is 37.8 Å². The smallest absolute Gasteiger partial charge is 0.0565 e. The van der Waals surface area contributed by atoms with Gasteiger partial charge in [0.05, 0.1) is 4.87 Å². The van der Waals surface area contributed by atoms with Crippen LogP contribution in [0.3, 0.4) is 0 Å². The van der Waals surface area contributed by atoms with E-state index in [0.717, 1.165) is 0 Å². The molecule has 0 saturated carbocycles. The highest BCUT2D eigenvalue weighted by Gasteiger charge is 2.11. The van der Waals surface area contributed by atoms with Gasteiger partial charge in [-0.3, -0.25) is 0 Å². The summed E-state index contributed by atoms with van der Waals surface area (Å²) < 4.78 is 0. The fourth-order valence-electron chi connectivity index (χ4n) is 0.607. The molecule has 0 aliphatic rings. The van der Waals surface area contributed by atoms with E-state index in [9.17, 15) is 0 Å². The number of nitrogens with two attached hydrogens (primary N) is 1. The fourth-order valence-corrected chi connectivity index (χ4v) is 1.82. The lowest BCUT2D eigenvalue weighted by atomic mass is 10.4. The summed E-state index contributed by atoms with van der Waals surface area (Å²) in [5, 5.41) is 0.634. The Morgan fingerprint density at radius 1 is 1.38 bits per heavy atom. The highest BCUT2D eigenvalue weighted by Crippen LogP contribution is 2.22. The molecule has 0 fully saturated rings. The van der Waals surface area contributed by atoms with E-state index < -0.39 is 0 Å². The van der Waals surface area contributed by atoms with Crippen LogP contribution in [0.25, 0.3) is 0 Å². The molecule has 0 heterocycles. The molecule has 0 atom stereocenters. The van der Waals surface area contributed by atoms with Gasteiger partial charge < -0.3 is 5.73 Å². The van der Waals surface area contributed by atoms with Crippen LogP contribution in [0.4, 0.5) is 0 Å². The second-order valence-electron chi connectivity index (χ2n) is 2.77. The molecule has 0 spiro atoms. The molecule has 2 N–H and O–H groups in total. The van der Waals surface area contributed by atoms with Gasteiger partial charge in [-0.2, -0.15) is 0 Å². The summed E-state index contributed by atoms with van der Waals surface area (Å²) in [5.41, 5.74) is 5.70. The minimum Gasteiger partial charge on any atom is -0.317 e. The van der Waals surface area contributed by atoms with Crippen molar-refractivity contribution in [2.75, 3.05) is 0 Å². The van der Waals surface area contributed by atoms with Crippen molar-refractivity contribution >= 4 is 11.8 Å². The van der Waals surface area contributed by atoms with E-state index >= 15 is 0 Å². The van der Waals surface area contributed by atoms with E-state index in [1.165, 1.54) is 0 Å². The Bertz CT molecular complexity index is 63.4. The van der Waals surface area contributed by atoms with Crippen molar-refractivity contribution in [2.24, 2.45) is 5.73 Å². The average molecular weight is 133 g/mol. The minimum absolute atomic E-state index is 0.0613. The molecular weight excluding hydrogens is 118 g/mol. The highest BCUT2D eigenvalue weighted by atomic mass is 32.2. The van der Waals surface area contributed by atoms with Crippen LogP contribution in [-0.4, -0.2) is 10.1 Å². The summed E-state index contributed by atoms with van der Waals surface area (Å²) in [7, 11) is 0. The first-order valence-electron chi connectivity index (χ1n) is 2.88. The zero-order valence-corrected chi connectivity index (χ0v) is 6.88. The summed E-state index contributed by atoms with van der Waals surface area (Å²) >= 11 is 1.79. The first-order valence-corrected chi connectivity index (χ1v) is 3.76. The van der Waals surface area contributed by atoms with Crippen LogP contribution in [0.1, 0.15) is 27.7 Å². The molecule has 0 aromatic carbocycles. The van der Waals surface area contributed by atoms with Crippen LogP contribution in [-0.2, 0) is 0 Å². The van der Waals surface area contributed by atoms with E-state index in [1.807, 2.05) is 13.8 Å². The Hall–Kier alpha value is 0.310. The molecule has 0 saturated heterocycles. The predicted molar refractivity (Wildman–Crippen MR) is 41.0 cm³/mol. The lowest BCUT2D eigenvalue weighted by Gasteiger charge is -2.19. The maximum Gasteiger partial charge on any atom is 0.0565 e. The number of hydrogen-bond donors (Lipinski definition) is 1. The standard InChI is InChI=1S/C6H15NS/c1-5(2)8-6(3,4)7/h5H,7H2,1-4H3. The minimum atomic E-state index is -0.0613. The quantitative estimate of drug-likeness (QED) is 0.581. The summed E-state index contributed by atoms with van der Waals surface area (Å²) in [6, 6.07) is 0. The summed E-state index contributed by atoms with van der Waals surface area (Å²) in [6.45, 7) is 8.36. The Morgan fingerprint density at radius 3 is 1.75 bits per heavy atom. The Labute approximate surface area is 56.0 Å². The maximum absolute atomic E-state index is 5.70. The molecule has 0 unspecified atom stereocenters. The number of hydrogen-bond acceptors (Lipinski definition) is 2. The van der Waals surface area contributed by atoms with Crippen molar-refractivity contribution in [3.05, 3.63) is 0 Å². The van der Waals surface area contributed by atoms with Crippen LogP contribution >= 0.6 is 11.8 Å². The van der Waals surface area contributed by atoms with Gasteiger partial charge >= 0.3 is 0 Å². The zero-order chi connectivity index (χ0) is 6.78. The molecule has 1 nitrogen and oxygen atoms in total. The lowest BCUT2D eigenvalue weighted by Crippen LogP contribution is -2.28. The Balaban J connectivity index is 3.39. The van der Waals surface area contributed by atoms with Crippen molar-refractivity contribution in [3.8, 4) is 0 Å². The Morgan fingerprint density at radius 2 is 1.75 bits per heavy atom. The second kappa shape index (κ2) is 2.74. The fraction of sp³-hybridized carbons (Fsp3) is 1.00. The molecule has 0 rings (SSSR count). The number of rotatable bonds is 2. The normalized spacial score (nSPS) is 12.8. The van der Waals surface area contributed by atoms with Crippen LogP contribution < -0.4 is 5.73 Å². The van der Waals surface area contributed by atoms with Crippen molar-refractivity contribution in [1.29, 1.82) is 0 Å². The molecule has 0 aliphatic carbocycles. The van der Waals surface area contributed by atoms with E-state index in [2.05, 4.69) is 13.8 Å². The maximum atomic E-state index is 5.70. The van der Waals surface area contributed by atoms with E-state index in [-0.39, 0.29) is 4.87 Å². The van der Waals surface area contributed by atoms with E-state index in [4.69, 9.17) is 5.73 Å². The van der Waals surface area contributed by atoms with Gasteiger partial charge in [-0.05, 0) is 13.8 Å². The van der Waals surface area contributed by atoms with Gasteiger partial charge in [-0.15, -0.1) is 11.8 Å². The second-order valence-corrected chi connectivity index (χ2v) is 5.00. The summed E-state index contributed by atoms with van der Waals surface area (Å²) in [6.07, 6.45) is 0. The molecule has 50 valence electrons. The molecule has 2 heteroatoms. The molecule has 0 amide bonds. The summed E-state index contributed by atoms with van der Waals surface area (Å²) in [4.78, 5) is -0.0613. The van der Waals surface area contributed by atoms with Gasteiger partial charge in [0.15, 0.2) is 0 Å². The number of thioether (sulfide) groups is 1. The molecule has 0 aliphatic heterocycles. The SMILES string of the molecule is CC(C)SC(C)(C)N. The van der Waals surface area contributed by atoms with Gasteiger partial charge in [0.25, 0.3) is 0 Å². The highest BCUT2D eigenvalue weighted by molar-refractivity contribution is 8.01. The van der Waals surface area contributed by atoms with Gasteiger partial charge in [0.2, 0.25) is 0 Å². The molecular formula is C6H15NS. The largest absolute Gasteiger partial charge is 0.317 e. The lowest BCUT2D eigenvalue weighted by molar-refractivity contribution is 0.752. The Kier molecular flexibility index (Phi) is 2.84. The molecule has 0 bridgehead atoms. The van der Waals surface area contributed by atoms with Gasteiger partial charge in [0.1, 0.15) is 0 Å². The van der Waals surface area contributed by atoms with Gasteiger partial charge in [-0.1, -0.05) is 13.8 Å². The van der Waals surface area contributed by atoms with E-state index in [0.29, 0.717) is 5.25 Å². The third-order valence-electron chi connectivity index (χ3n) is 0.539. The van der Waals surface area contributed by atoms with Crippen LogP contribution in [0, 0.1) is 0 Å². The molecule has 8 heavy (non-hydrogen) atoms. The van der Waals surface area contributed by atoms with Crippen molar-refractivity contribution < 1.29 is 0 Å². The first-order chi connectivity index (χ1) is 3.42. The van der Waals surface area contributed by atoms with Crippen LogP contribution in [0.2, 0.25) is 0 Å². The van der Waals surface area contributed by atoms with E-state index in [1.54, 1.807) is 11.8 Å². The zero-order valence-electron chi connectivity index (χ0n) is 6.06. The molecule has 0 radical (unpaired) electrons. The monoisotopic (exact) mass is 133 g/mol. The third kappa shape index (κ3) is 6.31. The third-order valence-corrected chi connectivity index (χ3v) is 1.62. The van der Waals surface area contributed by atoms with Gasteiger partial charge in [-0.25, -0.2) is 0 Å². The van der Waals surface area contributed by atoms with Crippen molar-refractivity contribution in [1.82, 2.24) is 0 Å². The predicted octanol–water partition coefficient (Wildman–Crippen LogP) is 1.82. The molecule has 0 aromatic rings. The van der Waals surface area contributed by atoms with Gasteiger partial charge in [0, 0.05) is 5.25 Å². The van der Waals surface area contributed by atoms with Crippen molar-refractivity contribution in [3.63, 3.8) is 0 Å². The first kappa shape index (κ1) is 8.31. The summed E-state index contributed by atoms with van der Waals surface area (Å²) in [5.74, 6) is 0. The molecule has 0 aromatic heterocycles. The van der Waals surface area contributed by atoms with Crippen LogP contribution in [0.5, 0.6) is 0 Å². The average Bonchev–Trinajstić information content (AvgIpc) is 1.21.